The minimum atomic E-state index is -1.13. The molecule has 0 aliphatic carbocycles. The molecule has 2 aromatic rings. The third kappa shape index (κ3) is 5.23. The summed E-state index contributed by atoms with van der Waals surface area (Å²) < 4.78 is 14.0. The van der Waals surface area contributed by atoms with Crippen molar-refractivity contribution >= 4 is 11.9 Å². The van der Waals surface area contributed by atoms with E-state index in [1.807, 2.05) is 13.8 Å². The highest BCUT2D eigenvalue weighted by molar-refractivity contribution is 5.83. The zero-order valence-electron chi connectivity index (χ0n) is 14.5. The largest absolute Gasteiger partial charge is 0.480 e. The number of carboxylic acid groups (broad SMARTS) is 1. The quantitative estimate of drug-likeness (QED) is 0.781. The second-order valence-electron chi connectivity index (χ2n) is 6.31. The van der Waals surface area contributed by atoms with Crippen molar-refractivity contribution in [2.75, 3.05) is 0 Å². The Balaban J connectivity index is 2.16. The number of hydrogen-bond donors (Lipinski definition) is 2. The molecule has 26 heavy (non-hydrogen) atoms. The molecule has 0 saturated carbocycles. The summed E-state index contributed by atoms with van der Waals surface area (Å²) in [5.41, 5.74) is 0.486. The van der Waals surface area contributed by atoms with Crippen molar-refractivity contribution in [3.8, 4) is 11.3 Å². The first-order valence-corrected chi connectivity index (χ1v) is 8.12. The van der Waals surface area contributed by atoms with Gasteiger partial charge in [-0.3, -0.25) is 9.59 Å². The first-order chi connectivity index (χ1) is 12.3. The lowest BCUT2D eigenvalue weighted by atomic mass is 10.0. The van der Waals surface area contributed by atoms with Crippen molar-refractivity contribution in [2.45, 2.75) is 32.9 Å². The number of carbonyl (C=O) groups is 2. The molecule has 0 saturated heterocycles. The van der Waals surface area contributed by atoms with Crippen molar-refractivity contribution in [1.82, 2.24) is 15.1 Å². The molecule has 1 aromatic heterocycles. The summed E-state index contributed by atoms with van der Waals surface area (Å²) in [7, 11) is 0. The number of aromatic nitrogens is 2. The van der Waals surface area contributed by atoms with Crippen LogP contribution in [0.1, 0.15) is 20.3 Å². The van der Waals surface area contributed by atoms with E-state index < -0.39 is 35.8 Å². The molecular weight excluding hydrogens is 341 g/mol. The van der Waals surface area contributed by atoms with E-state index in [1.54, 1.807) is 0 Å². The maximum atomic E-state index is 13.0. The second kappa shape index (κ2) is 8.37. The monoisotopic (exact) mass is 361 g/mol. The first-order valence-electron chi connectivity index (χ1n) is 8.12. The molecule has 7 nitrogen and oxygen atoms in total. The summed E-state index contributed by atoms with van der Waals surface area (Å²) in [6.45, 7) is 3.29. The molecule has 2 rings (SSSR count). The SMILES string of the molecule is CC(C)C[C@@H](NC(=O)Cn1nc(-c2ccc(F)cc2)ccc1=O)C(=O)O. The Bertz CT molecular complexity index is 846. The molecular formula is C18H20FN3O4. The Morgan fingerprint density at radius 2 is 1.85 bits per heavy atom. The van der Waals surface area contributed by atoms with Gasteiger partial charge in [0.2, 0.25) is 5.91 Å². The molecule has 0 radical (unpaired) electrons. The first kappa shape index (κ1) is 19.3. The summed E-state index contributed by atoms with van der Waals surface area (Å²) >= 11 is 0. The third-order valence-corrected chi connectivity index (χ3v) is 3.64. The third-order valence-electron chi connectivity index (χ3n) is 3.64. The predicted molar refractivity (Wildman–Crippen MR) is 92.9 cm³/mol. The van der Waals surface area contributed by atoms with Gasteiger partial charge in [-0.05, 0) is 42.7 Å². The van der Waals surface area contributed by atoms with Crippen molar-refractivity contribution in [2.24, 2.45) is 5.92 Å². The highest BCUT2D eigenvalue weighted by Gasteiger charge is 2.21. The van der Waals surface area contributed by atoms with Gasteiger partial charge in [0.05, 0.1) is 5.69 Å². The Morgan fingerprint density at radius 3 is 2.42 bits per heavy atom. The van der Waals surface area contributed by atoms with Crippen molar-refractivity contribution in [1.29, 1.82) is 0 Å². The minimum Gasteiger partial charge on any atom is -0.480 e. The van der Waals surface area contributed by atoms with Gasteiger partial charge in [0.1, 0.15) is 18.4 Å². The van der Waals surface area contributed by atoms with E-state index in [4.69, 9.17) is 0 Å². The van der Waals surface area contributed by atoms with Gasteiger partial charge >= 0.3 is 5.97 Å². The Labute approximate surface area is 149 Å². The van der Waals surface area contributed by atoms with Crippen LogP contribution in [0.4, 0.5) is 4.39 Å². The van der Waals surface area contributed by atoms with E-state index in [0.29, 0.717) is 11.3 Å². The van der Waals surface area contributed by atoms with Crippen LogP contribution >= 0.6 is 0 Å². The summed E-state index contributed by atoms with van der Waals surface area (Å²) in [5.74, 6) is -2.07. The molecule has 0 fully saturated rings. The van der Waals surface area contributed by atoms with E-state index in [0.717, 1.165) is 4.68 Å². The number of carboxylic acids is 1. The number of nitrogens with zero attached hydrogens (tertiary/aromatic N) is 2. The smallest absolute Gasteiger partial charge is 0.326 e. The van der Waals surface area contributed by atoms with Gasteiger partial charge in [-0.25, -0.2) is 13.9 Å². The zero-order chi connectivity index (χ0) is 19.3. The van der Waals surface area contributed by atoms with Crippen LogP contribution in [-0.4, -0.2) is 32.8 Å². The fourth-order valence-electron chi connectivity index (χ4n) is 2.41. The highest BCUT2D eigenvalue weighted by Crippen LogP contribution is 2.15. The summed E-state index contributed by atoms with van der Waals surface area (Å²) in [5, 5.41) is 15.7. The Kier molecular flexibility index (Phi) is 6.21. The van der Waals surface area contributed by atoms with Crippen LogP contribution in [-0.2, 0) is 16.1 Å². The number of carbonyl (C=O) groups excluding carboxylic acids is 1. The standard InChI is InChI=1S/C18H20FN3O4/c1-11(2)9-15(18(25)26)20-16(23)10-22-17(24)8-7-14(21-22)12-3-5-13(19)6-4-12/h3-8,11,15H,9-10H2,1-2H3,(H,20,23)(H,25,26)/t15-/m1/s1. The normalized spacial score (nSPS) is 12.0. The van der Waals surface area contributed by atoms with Gasteiger partial charge in [0.15, 0.2) is 0 Å². The summed E-state index contributed by atoms with van der Waals surface area (Å²) in [4.78, 5) is 35.3. The van der Waals surface area contributed by atoms with E-state index >= 15 is 0 Å². The lowest BCUT2D eigenvalue weighted by molar-refractivity contribution is -0.142. The van der Waals surface area contributed by atoms with Crippen molar-refractivity contribution in [3.05, 3.63) is 52.6 Å². The number of nitrogens with one attached hydrogen (secondary N) is 1. The number of benzene rings is 1. The number of rotatable bonds is 7. The van der Waals surface area contributed by atoms with Crippen LogP contribution in [0.15, 0.2) is 41.2 Å². The van der Waals surface area contributed by atoms with Crippen LogP contribution < -0.4 is 10.9 Å². The van der Waals surface area contributed by atoms with Gasteiger partial charge in [-0.15, -0.1) is 0 Å². The molecule has 0 aliphatic heterocycles. The molecule has 1 aromatic carbocycles. The molecule has 1 atom stereocenters. The molecule has 8 heteroatoms. The van der Waals surface area contributed by atoms with Crippen LogP contribution in [0, 0.1) is 11.7 Å². The van der Waals surface area contributed by atoms with Crippen LogP contribution in [0.25, 0.3) is 11.3 Å². The van der Waals surface area contributed by atoms with Gasteiger partial charge in [-0.2, -0.15) is 5.10 Å². The van der Waals surface area contributed by atoms with Crippen molar-refractivity contribution < 1.29 is 19.1 Å². The van der Waals surface area contributed by atoms with Crippen LogP contribution in [0.3, 0.4) is 0 Å². The molecule has 0 unspecified atom stereocenters. The van der Waals surface area contributed by atoms with Crippen LogP contribution in [0.5, 0.6) is 0 Å². The van der Waals surface area contributed by atoms with E-state index in [2.05, 4.69) is 10.4 Å². The average molecular weight is 361 g/mol. The maximum Gasteiger partial charge on any atom is 0.326 e. The second-order valence-corrected chi connectivity index (χ2v) is 6.31. The van der Waals surface area contributed by atoms with E-state index in [-0.39, 0.29) is 12.3 Å². The Hall–Kier alpha value is -3.03. The number of aliphatic carboxylic acids is 1. The van der Waals surface area contributed by atoms with Crippen molar-refractivity contribution in [3.63, 3.8) is 0 Å². The molecule has 0 bridgehead atoms. The molecule has 2 N–H and O–H groups in total. The molecule has 0 spiro atoms. The molecule has 0 aliphatic rings. The maximum absolute atomic E-state index is 13.0. The molecule has 138 valence electrons. The molecule has 1 heterocycles. The number of hydrogen-bond acceptors (Lipinski definition) is 4. The van der Waals surface area contributed by atoms with Gasteiger partial charge in [0.25, 0.3) is 5.56 Å². The predicted octanol–water partition coefficient (Wildman–Crippen LogP) is 1.66. The minimum absolute atomic E-state index is 0.0825. The number of halogens is 1. The number of amides is 1. The Morgan fingerprint density at radius 1 is 1.19 bits per heavy atom. The summed E-state index contributed by atoms with van der Waals surface area (Å²) in [6, 6.07) is 7.25. The van der Waals surface area contributed by atoms with Crippen LogP contribution in [0.2, 0.25) is 0 Å². The highest BCUT2D eigenvalue weighted by atomic mass is 19.1. The fourth-order valence-corrected chi connectivity index (χ4v) is 2.41. The fraction of sp³-hybridized carbons (Fsp3) is 0.333. The van der Waals surface area contributed by atoms with Gasteiger partial charge in [-0.1, -0.05) is 13.8 Å². The topological polar surface area (TPSA) is 101 Å². The van der Waals surface area contributed by atoms with Gasteiger partial charge in [0, 0.05) is 11.6 Å². The lowest BCUT2D eigenvalue weighted by Crippen LogP contribution is -2.44. The van der Waals surface area contributed by atoms with E-state index in [1.165, 1.54) is 36.4 Å². The average Bonchev–Trinajstić information content (AvgIpc) is 2.56. The van der Waals surface area contributed by atoms with E-state index in [9.17, 15) is 23.9 Å². The molecule has 1 amide bonds. The van der Waals surface area contributed by atoms with Gasteiger partial charge < -0.3 is 10.4 Å². The zero-order valence-corrected chi connectivity index (χ0v) is 14.5. The lowest BCUT2D eigenvalue weighted by Gasteiger charge is -2.16. The summed E-state index contributed by atoms with van der Waals surface area (Å²) in [6.07, 6.45) is 0.277.